The lowest BCUT2D eigenvalue weighted by atomic mass is 10.1. The van der Waals surface area contributed by atoms with E-state index in [1.165, 1.54) is 10.5 Å². The van der Waals surface area contributed by atoms with Crippen LogP contribution in [0.2, 0.25) is 0 Å². The Morgan fingerprint density at radius 1 is 1.53 bits per heavy atom. The molecule has 0 amide bonds. The second-order valence-electron chi connectivity index (χ2n) is 3.75. The van der Waals surface area contributed by atoms with Crippen LogP contribution < -0.4 is 5.73 Å². The van der Waals surface area contributed by atoms with Gasteiger partial charge in [0.05, 0.1) is 18.5 Å². The molecule has 1 unspecified atom stereocenters. The van der Waals surface area contributed by atoms with Crippen molar-refractivity contribution < 1.29 is 4.74 Å². The molecule has 0 aromatic heterocycles. The highest BCUT2D eigenvalue weighted by Crippen LogP contribution is 2.34. The molecule has 1 aliphatic heterocycles. The van der Waals surface area contributed by atoms with E-state index in [0.29, 0.717) is 5.25 Å². The Morgan fingerprint density at radius 2 is 2.27 bits per heavy atom. The van der Waals surface area contributed by atoms with Gasteiger partial charge < -0.3 is 10.5 Å². The van der Waals surface area contributed by atoms with Gasteiger partial charge in [-0.1, -0.05) is 22.0 Å². The van der Waals surface area contributed by atoms with Crippen molar-refractivity contribution in [2.45, 2.75) is 23.1 Å². The summed E-state index contributed by atoms with van der Waals surface area (Å²) >= 11 is 5.35. The van der Waals surface area contributed by atoms with Gasteiger partial charge in [0.1, 0.15) is 0 Å². The second kappa shape index (κ2) is 4.87. The SMILES string of the molecule is CC(N)c1ccc(Br)cc1SC1COC1. The summed E-state index contributed by atoms with van der Waals surface area (Å²) in [6.07, 6.45) is 0. The molecule has 1 saturated heterocycles. The highest BCUT2D eigenvalue weighted by molar-refractivity contribution is 9.10. The minimum atomic E-state index is 0.0848. The summed E-state index contributed by atoms with van der Waals surface area (Å²) < 4.78 is 6.28. The van der Waals surface area contributed by atoms with Crippen molar-refractivity contribution in [1.82, 2.24) is 0 Å². The Kier molecular flexibility index (Phi) is 3.72. The molecule has 0 aliphatic carbocycles. The van der Waals surface area contributed by atoms with E-state index in [0.717, 1.165) is 17.7 Å². The average molecular weight is 288 g/mol. The maximum Gasteiger partial charge on any atom is 0.0611 e. The minimum absolute atomic E-state index is 0.0848. The minimum Gasteiger partial charge on any atom is -0.379 e. The number of thioether (sulfide) groups is 1. The normalized spacial score (nSPS) is 18.6. The fourth-order valence-electron chi connectivity index (χ4n) is 1.45. The van der Waals surface area contributed by atoms with E-state index in [9.17, 15) is 0 Å². The number of benzene rings is 1. The predicted molar refractivity (Wildman–Crippen MR) is 67.2 cm³/mol. The summed E-state index contributed by atoms with van der Waals surface area (Å²) in [7, 11) is 0. The fourth-order valence-corrected chi connectivity index (χ4v) is 3.23. The lowest BCUT2D eigenvalue weighted by molar-refractivity contribution is 0.0455. The van der Waals surface area contributed by atoms with Gasteiger partial charge in [-0.3, -0.25) is 0 Å². The first-order chi connectivity index (χ1) is 7.16. The highest BCUT2D eigenvalue weighted by atomic mass is 79.9. The Hall–Kier alpha value is -0.0300. The maximum absolute atomic E-state index is 5.94. The van der Waals surface area contributed by atoms with Gasteiger partial charge in [-0.15, -0.1) is 11.8 Å². The molecule has 1 aromatic rings. The van der Waals surface area contributed by atoms with Gasteiger partial charge in [0.15, 0.2) is 0 Å². The highest BCUT2D eigenvalue weighted by Gasteiger charge is 2.21. The van der Waals surface area contributed by atoms with E-state index in [4.69, 9.17) is 10.5 Å². The first kappa shape index (κ1) is 11.5. The van der Waals surface area contributed by atoms with Crippen molar-refractivity contribution in [1.29, 1.82) is 0 Å². The number of rotatable bonds is 3. The summed E-state index contributed by atoms with van der Waals surface area (Å²) in [5.41, 5.74) is 7.16. The Morgan fingerprint density at radius 3 is 2.80 bits per heavy atom. The van der Waals surface area contributed by atoms with E-state index >= 15 is 0 Å². The van der Waals surface area contributed by atoms with E-state index in [2.05, 4.69) is 28.1 Å². The van der Waals surface area contributed by atoms with Crippen LogP contribution in [0.15, 0.2) is 27.6 Å². The monoisotopic (exact) mass is 287 g/mol. The molecule has 0 spiro atoms. The van der Waals surface area contributed by atoms with Gasteiger partial charge in [0.2, 0.25) is 0 Å². The van der Waals surface area contributed by atoms with Crippen molar-refractivity contribution in [3.63, 3.8) is 0 Å². The topological polar surface area (TPSA) is 35.2 Å². The van der Waals surface area contributed by atoms with Crippen molar-refractivity contribution in [3.05, 3.63) is 28.2 Å². The van der Waals surface area contributed by atoms with Crippen molar-refractivity contribution in [2.24, 2.45) is 5.73 Å². The molecular weight excluding hydrogens is 274 g/mol. The molecule has 0 bridgehead atoms. The summed E-state index contributed by atoms with van der Waals surface area (Å²) in [5.74, 6) is 0. The van der Waals surface area contributed by atoms with Gasteiger partial charge in [-0.05, 0) is 24.6 Å². The zero-order valence-electron chi connectivity index (χ0n) is 8.57. The summed E-state index contributed by atoms with van der Waals surface area (Å²) in [4.78, 5) is 1.27. The molecule has 2 nitrogen and oxygen atoms in total. The molecular formula is C11H14BrNOS. The summed E-state index contributed by atoms with van der Waals surface area (Å²) in [6.45, 7) is 3.73. The molecule has 1 atom stereocenters. The van der Waals surface area contributed by atoms with Crippen molar-refractivity contribution in [3.8, 4) is 0 Å². The third kappa shape index (κ3) is 2.75. The van der Waals surface area contributed by atoms with Crippen LogP contribution in [0.25, 0.3) is 0 Å². The van der Waals surface area contributed by atoms with E-state index in [1.807, 2.05) is 24.8 Å². The Bertz CT molecular complexity index is 352. The maximum atomic E-state index is 5.94. The molecule has 2 rings (SSSR count). The molecule has 1 aliphatic rings. The van der Waals surface area contributed by atoms with Crippen LogP contribution in [0.1, 0.15) is 18.5 Å². The van der Waals surface area contributed by atoms with Gasteiger partial charge in [-0.25, -0.2) is 0 Å². The zero-order chi connectivity index (χ0) is 10.8. The lowest BCUT2D eigenvalue weighted by Gasteiger charge is -2.26. The lowest BCUT2D eigenvalue weighted by Crippen LogP contribution is -2.30. The molecule has 1 fully saturated rings. The van der Waals surface area contributed by atoms with Gasteiger partial charge >= 0.3 is 0 Å². The first-order valence-corrected chi connectivity index (χ1v) is 6.63. The van der Waals surface area contributed by atoms with Gasteiger partial charge in [0.25, 0.3) is 0 Å². The van der Waals surface area contributed by atoms with Crippen LogP contribution in [0.5, 0.6) is 0 Å². The quantitative estimate of drug-likeness (QED) is 0.928. The van der Waals surface area contributed by atoms with Crippen LogP contribution in [0.3, 0.4) is 0 Å². The number of nitrogens with two attached hydrogens (primary N) is 1. The van der Waals surface area contributed by atoms with Crippen LogP contribution in [0.4, 0.5) is 0 Å². The largest absolute Gasteiger partial charge is 0.379 e. The van der Waals surface area contributed by atoms with E-state index in [1.54, 1.807) is 0 Å². The fraction of sp³-hybridized carbons (Fsp3) is 0.455. The van der Waals surface area contributed by atoms with Crippen LogP contribution in [0, 0.1) is 0 Å². The Labute approximate surface area is 103 Å². The Balaban J connectivity index is 2.21. The molecule has 1 heterocycles. The molecule has 82 valence electrons. The second-order valence-corrected chi connectivity index (χ2v) is 6.01. The van der Waals surface area contributed by atoms with Crippen LogP contribution >= 0.6 is 27.7 Å². The molecule has 0 radical (unpaired) electrons. The third-order valence-electron chi connectivity index (χ3n) is 2.37. The summed E-state index contributed by atoms with van der Waals surface area (Å²) in [6, 6.07) is 6.36. The number of hydrogen-bond donors (Lipinski definition) is 1. The van der Waals surface area contributed by atoms with Crippen molar-refractivity contribution >= 4 is 27.7 Å². The third-order valence-corrected chi connectivity index (χ3v) is 4.07. The van der Waals surface area contributed by atoms with Crippen LogP contribution in [-0.2, 0) is 4.74 Å². The molecule has 1 aromatic carbocycles. The zero-order valence-corrected chi connectivity index (χ0v) is 11.0. The smallest absolute Gasteiger partial charge is 0.0611 e. The molecule has 2 N–H and O–H groups in total. The summed E-state index contributed by atoms with van der Waals surface area (Å²) in [5, 5.41) is 0.594. The number of halogens is 1. The predicted octanol–water partition coefficient (Wildman–Crippen LogP) is 2.96. The number of hydrogen-bond acceptors (Lipinski definition) is 3. The van der Waals surface area contributed by atoms with Gasteiger partial charge in [0, 0.05) is 15.4 Å². The van der Waals surface area contributed by atoms with E-state index < -0.39 is 0 Å². The number of ether oxygens (including phenoxy) is 1. The molecule has 0 saturated carbocycles. The average Bonchev–Trinajstić information content (AvgIpc) is 2.11. The van der Waals surface area contributed by atoms with Gasteiger partial charge in [-0.2, -0.15) is 0 Å². The standard InChI is InChI=1S/C11H14BrNOS/c1-7(13)10-3-2-8(12)4-11(10)15-9-5-14-6-9/h2-4,7,9H,5-6,13H2,1H3. The molecule has 15 heavy (non-hydrogen) atoms. The van der Waals surface area contributed by atoms with Crippen LogP contribution in [-0.4, -0.2) is 18.5 Å². The van der Waals surface area contributed by atoms with E-state index in [-0.39, 0.29) is 6.04 Å². The molecule has 4 heteroatoms. The van der Waals surface area contributed by atoms with Crippen molar-refractivity contribution in [2.75, 3.05) is 13.2 Å². The first-order valence-electron chi connectivity index (χ1n) is 4.96.